The Morgan fingerprint density at radius 3 is 2.18 bits per heavy atom. The molecule has 0 radical (unpaired) electrons. The second kappa shape index (κ2) is 11.0. The molecule has 2 aromatic carbocycles. The van der Waals surface area contributed by atoms with E-state index >= 15 is 0 Å². The van der Waals surface area contributed by atoms with Crippen LogP contribution >= 0.6 is 7.60 Å². The Kier molecular flexibility index (Phi) is 8.71. The van der Waals surface area contributed by atoms with Gasteiger partial charge in [-0.15, -0.1) is 0 Å². The fourth-order valence-electron chi connectivity index (χ4n) is 2.70. The third kappa shape index (κ3) is 7.12. The number of nitrogens with one attached hydrogen (secondary N) is 1. The zero-order valence-electron chi connectivity index (χ0n) is 16.6. The molecule has 0 aliphatic heterocycles. The molecule has 28 heavy (non-hydrogen) atoms. The second-order valence-corrected chi connectivity index (χ2v) is 8.40. The number of ether oxygens (including phenoxy) is 1. The molecule has 1 atom stereocenters. The van der Waals surface area contributed by atoms with Crippen molar-refractivity contribution in [1.29, 1.82) is 0 Å². The Balaban J connectivity index is 2.12. The van der Waals surface area contributed by atoms with Crippen molar-refractivity contribution in [2.45, 2.75) is 33.4 Å². The van der Waals surface area contributed by atoms with Crippen LogP contribution in [0.25, 0.3) is 0 Å². The van der Waals surface area contributed by atoms with Crippen molar-refractivity contribution >= 4 is 13.7 Å². The summed E-state index contributed by atoms with van der Waals surface area (Å²) < 4.78 is 29.1. The minimum Gasteiger partial charge on any atom is -0.445 e. The molecular formula is C21H28NO5P. The minimum atomic E-state index is -3.36. The number of rotatable bonds is 10. The quantitative estimate of drug-likeness (QED) is 0.548. The topological polar surface area (TPSA) is 73.9 Å². The van der Waals surface area contributed by atoms with Crippen LogP contribution in [0.1, 0.15) is 36.6 Å². The largest absolute Gasteiger partial charge is 0.445 e. The van der Waals surface area contributed by atoms with Crippen LogP contribution in [0.3, 0.4) is 0 Å². The number of hydrogen-bond donors (Lipinski definition) is 1. The second-order valence-electron chi connectivity index (χ2n) is 6.30. The van der Waals surface area contributed by atoms with Crippen LogP contribution in [0.15, 0.2) is 54.6 Å². The van der Waals surface area contributed by atoms with Crippen LogP contribution < -0.4 is 5.32 Å². The molecule has 6 nitrogen and oxygen atoms in total. The van der Waals surface area contributed by atoms with Crippen LogP contribution in [0.4, 0.5) is 4.79 Å². The van der Waals surface area contributed by atoms with E-state index in [1.54, 1.807) is 13.8 Å². The maximum atomic E-state index is 13.0. The van der Waals surface area contributed by atoms with Gasteiger partial charge in [0.25, 0.3) is 0 Å². The summed E-state index contributed by atoms with van der Waals surface area (Å²) in [5, 5.41) is 2.80. The van der Waals surface area contributed by atoms with Crippen molar-refractivity contribution in [1.82, 2.24) is 5.32 Å². The first-order valence-corrected chi connectivity index (χ1v) is 11.1. The van der Waals surface area contributed by atoms with Crippen molar-refractivity contribution in [3.05, 3.63) is 71.3 Å². The van der Waals surface area contributed by atoms with Crippen molar-refractivity contribution < 1.29 is 23.1 Å². The standard InChI is InChI=1S/C21H28NO5P/c1-4-26-28(24,27-5-2)16-20(19-13-11-17(3)12-14-19)22-21(23)25-15-18-9-7-6-8-10-18/h6-14,20H,4-5,15-16H2,1-3H3,(H,22,23)/t20-/m1/s1. The summed E-state index contributed by atoms with van der Waals surface area (Å²) in [5.74, 6) is 0. The van der Waals surface area contributed by atoms with E-state index in [4.69, 9.17) is 13.8 Å². The van der Waals surface area contributed by atoms with Gasteiger partial charge < -0.3 is 19.1 Å². The predicted molar refractivity (Wildman–Crippen MR) is 109 cm³/mol. The summed E-state index contributed by atoms with van der Waals surface area (Å²) >= 11 is 0. The van der Waals surface area contributed by atoms with E-state index in [1.807, 2.05) is 61.5 Å². The van der Waals surface area contributed by atoms with Gasteiger partial charge in [0.15, 0.2) is 0 Å². The van der Waals surface area contributed by atoms with E-state index in [2.05, 4.69) is 5.32 Å². The average Bonchev–Trinajstić information content (AvgIpc) is 2.67. The van der Waals surface area contributed by atoms with Crippen LogP contribution in [0.5, 0.6) is 0 Å². The molecule has 0 saturated carbocycles. The van der Waals surface area contributed by atoms with Gasteiger partial charge in [-0.1, -0.05) is 60.2 Å². The van der Waals surface area contributed by atoms with Gasteiger partial charge >= 0.3 is 13.7 Å². The molecule has 0 aliphatic carbocycles. The highest BCUT2D eigenvalue weighted by atomic mass is 31.2. The summed E-state index contributed by atoms with van der Waals surface area (Å²) in [6, 6.07) is 16.5. The Morgan fingerprint density at radius 1 is 1.00 bits per heavy atom. The summed E-state index contributed by atoms with van der Waals surface area (Å²) in [7, 11) is -3.36. The van der Waals surface area contributed by atoms with Crippen LogP contribution in [0.2, 0.25) is 0 Å². The van der Waals surface area contributed by atoms with E-state index in [-0.39, 0.29) is 26.0 Å². The van der Waals surface area contributed by atoms with Gasteiger partial charge in [0.1, 0.15) is 6.61 Å². The van der Waals surface area contributed by atoms with Crippen molar-refractivity contribution in [2.24, 2.45) is 0 Å². The van der Waals surface area contributed by atoms with Gasteiger partial charge in [0.05, 0.1) is 25.4 Å². The van der Waals surface area contributed by atoms with Gasteiger partial charge in [-0.3, -0.25) is 4.57 Å². The average molecular weight is 405 g/mol. The molecule has 0 saturated heterocycles. The maximum Gasteiger partial charge on any atom is 0.407 e. The molecule has 0 unspecified atom stereocenters. The highest BCUT2D eigenvalue weighted by molar-refractivity contribution is 7.53. The zero-order valence-corrected chi connectivity index (χ0v) is 17.5. The third-order valence-corrected chi connectivity index (χ3v) is 6.16. The van der Waals surface area contributed by atoms with E-state index < -0.39 is 19.7 Å². The molecule has 2 rings (SSSR count). The molecule has 0 bridgehead atoms. The maximum absolute atomic E-state index is 13.0. The lowest BCUT2D eigenvalue weighted by molar-refractivity contribution is 0.136. The van der Waals surface area contributed by atoms with E-state index in [0.29, 0.717) is 0 Å². The lowest BCUT2D eigenvalue weighted by Gasteiger charge is -2.24. The molecular weight excluding hydrogens is 377 g/mol. The Hall–Kier alpha value is -2.14. The highest BCUT2D eigenvalue weighted by Crippen LogP contribution is 2.50. The molecule has 0 aliphatic rings. The number of carbonyl (C=O) groups is 1. The normalized spacial score (nSPS) is 12.4. The van der Waals surface area contributed by atoms with Gasteiger partial charge in [-0.2, -0.15) is 0 Å². The van der Waals surface area contributed by atoms with Crippen LogP contribution in [0, 0.1) is 6.92 Å². The molecule has 0 fully saturated rings. The molecule has 2 aromatic rings. The van der Waals surface area contributed by atoms with Gasteiger partial charge in [-0.25, -0.2) is 4.79 Å². The van der Waals surface area contributed by atoms with Gasteiger partial charge in [0, 0.05) is 0 Å². The number of amides is 1. The molecule has 152 valence electrons. The number of alkyl carbamates (subject to hydrolysis) is 1. The molecule has 7 heteroatoms. The van der Waals surface area contributed by atoms with Crippen LogP contribution in [-0.2, 0) is 25.0 Å². The van der Waals surface area contributed by atoms with Crippen LogP contribution in [-0.4, -0.2) is 25.5 Å². The van der Waals surface area contributed by atoms with Crippen molar-refractivity contribution in [3.8, 4) is 0 Å². The number of benzene rings is 2. The summed E-state index contributed by atoms with van der Waals surface area (Å²) in [4.78, 5) is 12.4. The smallest absolute Gasteiger partial charge is 0.407 e. The van der Waals surface area contributed by atoms with E-state index in [0.717, 1.165) is 16.7 Å². The zero-order chi connectivity index (χ0) is 20.4. The lowest BCUT2D eigenvalue weighted by atomic mass is 10.1. The first kappa shape index (κ1) is 22.2. The highest BCUT2D eigenvalue weighted by Gasteiger charge is 2.30. The fraction of sp³-hybridized carbons (Fsp3) is 0.381. The monoisotopic (exact) mass is 405 g/mol. The first-order chi connectivity index (χ1) is 13.5. The number of carbonyl (C=O) groups excluding carboxylic acids is 1. The molecule has 1 N–H and O–H groups in total. The fourth-order valence-corrected chi connectivity index (χ4v) is 4.52. The van der Waals surface area contributed by atoms with Crippen molar-refractivity contribution in [3.63, 3.8) is 0 Å². The molecule has 0 aromatic heterocycles. The van der Waals surface area contributed by atoms with Gasteiger partial charge in [-0.05, 0) is 31.9 Å². The number of hydrogen-bond acceptors (Lipinski definition) is 5. The van der Waals surface area contributed by atoms with Gasteiger partial charge in [0.2, 0.25) is 0 Å². The predicted octanol–water partition coefficient (Wildman–Crippen LogP) is 5.23. The SMILES string of the molecule is CCOP(=O)(C[C@@H](NC(=O)OCc1ccccc1)c1ccc(C)cc1)OCC. The molecule has 0 heterocycles. The Bertz CT molecular complexity index is 769. The Labute approximate surface area is 166 Å². The summed E-state index contributed by atoms with van der Waals surface area (Å²) in [6.07, 6.45) is -0.563. The first-order valence-electron chi connectivity index (χ1n) is 9.37. The molecule has 1 amide bonds. The van der Waals surface area contributed by atoms with Crippen molar-refractivity contribution in [2.75, 3.05) is 19.4 Å². The summed E-state index contributed by atoms with van der Waals surface area (Å²) in [5.41, 5.74) is 2.78. The molecule has 0 spiro atoms. The van der Waals surface area contributed by atoms with E-state index in [9.17, 15) is 9.36 Å². The minimum absolute atomic E-state index is 0.0260. The third-order valence-electron chi connectivity index (χ3n) is 4.04. The van der Waals surface area contributed by atoms with E-state index in [1.165, 1.54) is 0 Å². The summed E-state index contributed by atoms with van der Waals surface area (Å²) in [6.45, 7) is 6.17. The number of aryl methyl sites for hydroxylation is 1. The lowest BCUT2D eigenvalue weighted by Crippen LogP contribution is -2.31. The Morgan fingerprint density at radius 2 is 1.61 bits per heavy atom.